The van der Waals surface area contributed by atoms with Crippen LogP contribution in [0.1, 0.15) is 54.1 Å². The van der Waals surface area contributed by atoms with E-state index in [2.05, 4.69) is 11.7 Å². The van der Waals surface area contributed by atoms with Crippen LogP contribution >= 0.6 is 0 Å². The maximum absolute atomic E-state index is 11.6. The highest BCUT2D eigenvalue weighted by Crippen LogP contribution is 2.20. The van der Waals surface area contributed by atoms with Crippen molar-refractivity contribution in [3.63, 3.8) is 0 Å². The molecule has 1 heterocycles. The first-order chi connectivity index (χ1) is 8.70. The van der Waals surface area contributed by atoms with Crippen LogP contribution in [0, 0.1) is 0 Å². The van der Waals surface area contributed by atoms with Gasteiger partial charge in [-0.2, -0.15) is 0 Å². The number of carbonyl (C=O) groups is 2. The standard InChI is InChI=1S/C15H18O3/c1-2-3-4-5-6-11-7-8-12-10-14(16)18-15(17)13(12)9-11/h7-9H,2-6,10H2,1H3. The lowest BCUT2D eigenvalue weighted by molar-refractivity contribution is -0.137. The lowest BCUT2D eigenvalue weighted by atomic mass is 9.97. The summed E-state index contributed by atoms with van der Waals surface area (Å²) in [7, 11) is 0. The fourth-order valence-corrected chi connectivity index (χ4v) is 2.23. The molecule has 1 aromatic carbocycles. The van der Waals surface area contributed by atoms with E-state index in [1.54, 1.807) is 0 Å². The Morgan fingerprint density at radius 3 is 2.78 bits per heavy atom. The Balaban J connectivity index is 2.05. The van der Waals surface area contributed by atoms with Crippen LogP contribution < -0.4 is 0 Å². The van der Waals surface area contributed by atoms with Crippen molar-refractivity contribution in [3.05, 3.63) is 34.9 Å². The summed E-state index contributed by atoms with van der Waals surface area (Å²) in [6, 6.07) is 5.76. The van der Waals surface area contributed by atoms with Crippen LogP contribution in [0.2, 0.25) is 0 Å². The minimum atomic E-state index is -0.503. The lowest BCUT2D eigenvalue weighted by Gasteiger charge is -2.14. The number of rotatable bonds is 5. The van der Waals surface area contributed by atoms with Crippen molar-refractivity contribution in [2.75, 3.05) is 0 Å². The summed E-state index contributed by atoms with van der Waals surface area (Å²) < 4.78 is 4.63. The van der Waals surface area contributed by atoms with E-state index in [9.17, 15) is 9.59 Å². The molecule has 0 amide bonds. The Morgan fingerprint density at radius 1 is 1.17 bits per heavy atom. The monoisotopic (exact) mass is 246 g/mol. The van der Waals surface area contributed by atoms with Crippen molar-refractivity contribution < 1.29 is 14.3 Å². The molecule has 0 fully saturated rings. The SMILES string of the molecule is CCCCCCc1ccc2c(c1)C(=O)OC(=O)C2. The maximum atomic E-state index is 11.6. The van der Waals surface area contributed by atoms with E-state index in [1.807, 2.05) is 18.2 Å². The number of esters is 2. The zero-order chi connectivity index (χ0) is 13.0. The van der Waals surface area contributed by atoms with Crippen molar-refractivity contribution in [1.29, 1.82) is 0 Å². The molecule has 3 heteroatoms. The maximum Gasteiger partial charge on any atom is 0.346 e. The average Bonchev–Trinajstić information content (AvgIpc) is 2.35. The summed E-state index contributed by atoms with van der Waals surface area (Å²) in [5, 5.41) is 0. The number of hydrogen-bond acceptors (Lipinski definition) is 3. The fraction of sp³-hybridized carbons (Fsp3) is 0.467. The van der Waals surface area contributed by atoms with Gasteiger partial charge in [0, 0.05) is 0 Å². The van der Waals surface area contributed by atoms with Gasteiger partial charge in [-0.15, -0.1) is 0 Å². The third-order valence-electron chi connectivity index (χ3n) is 3.25. The van der Waals surface area contributed by atoms with Crippen molar-refractivity contribution in [3.8, 4) is 0 Å². The van der Waals surface area contributed by atoms with Gasteiger partial charge in [0.25, 0.3) is 0 Å². The second-order valence-corrected chi connectivity index (χ2v) is 4.74. The molecule has 96 valence electrons. The first-order valence-corrected chi connectivity index (χ1v) is 6.57. The molecule has 0 bridgehead atoms. The normalized spacial score (nSPS) is 14.3. The largest absolute Gasteiger partial charge is 0.389 e. The number of aryl methyl sites for hydroxylation is 1. The van der Waals surface area contributed by atoms with Crippen LogP contribution in [-0.4, -0.2) is 11.9 Å². The Morgan fingerprint density at radius 2 is 2.00 bits per heavy atom. The third kappa shape index (κ3) is 2.97. The number of cyclic esters (lactones) is 2. The van der Waals surface area contributed by atoms with Crippen molar-refractivity contribution in [2.45, 2.75) is 45.4 Å². The molecule has 1 aliphatic rings. The summed E-state index contributed by atoms with van der Waals surface area (Å²) in [5.74, 6) is -0.958. The second kappa shape index (κ2) is 5.80. The molecule has 0 aliphatic carbocycles. The van der Waals surface area contributed by atoms with Crippen molar-refractivity contribution in [1.82, 2.24) is 0 Å². The molecule has 0 atom stereocenters. The van der Waals surface area contributed by atoms with Gasteiger partial charge in [-0.05, 0) is 30.0 Å². The number of fused-ring (bicyclic) bond motifs is 1. The van der Waals surface area contributed by atoms with Gasteiger partial charge < -0.3 is 4.74 Å². The molecule has 0 radical (unpaired) electrons. The summed E-state index contributed by atoms with van der Waals surface area (Å²) in [6.07, 6.45) is 6.02. The van der Waals surface area contributed by atoms with E-state index < -0.39 is 11.9 Å². The average molecular weight is 246 g/mol. The summed E-state index contributed by atoms with van der Waals surface area (Å²) in [4.78, 5) is 22.7. The van der Waals surface area contributed by atoms with Gasteiger partial charge in [-0.3, -0.25) is 4.79 Å². The summed E-state index contributed by atoms with van der Waals surface area (Å²) in [6.45, 7) is 2.19. The molecule has 0 unspecified atom stereocenters. The Kier molecular flexibility index (Phi) is 4.13. The van der Waals surface area contributed by atoms with Gasteiger partial charge in [0.2, 0.25) is 0 Å². The first-order valence-electron chi connectivity index (χ1n) is 6.57. The topological polar surface area (TPSA) is 43.4 Å². The van der Waals surface area contributed by atoms with E-state index in [-0.39, 0.29) is 6.42 Å². The predicted octanol–water partition coefficient (Wildman–Crippen LogP) is 3.05. The highest BCUT2D eigenvalue weighted by Gasteiger charge is 2.24. The van der Waals surface area contributed by atoms with Crippen LogP contribution in [0.5, 0.6) is 0 Å². The molecule has 0 aromatic heterocycles. The molecule has 18 heavy (non-hydrogen) atoms. The third-order valence-corrected chi connectivity index (χ3v) is 3.25. The zero-order valence-corrected chi connectivity index (χ0v) is 10.7. The number of benzene rings is 1. The first kappa shape index (κ1) is 12.8. The van der Waals surface area contributed by atoms with Gasteiger partial charge >= 0.3 is 11.9 Å². The Labute approximate surface area is 107 Å². The summed E-state index contributed by atoms with van der Waals surface area (Å²) in [5.41, 5.74) is 2.49. The minimum absolute atomic E-state index is 0.206. The molecule has 0 saturated heterocycles. The van der Waals surface area contributed by atoms with Crippen LogP contribution in [0.3, 0.4) is 0 Å². The lowest BCUT2D eigenvalue weighted by Crippen LogP contribution is -2.22. The highest BCUT2D eigenvalue weighted by atomic mass is 16.6. The zero-order valence-electron chi connectivity index (χ0n) is 10.7. The predicted molar refractivity (Wildman–Crippen MR) is 68.4 cm³/mol. The number of ether oxygens (including phenoxy) is 1. The van der Waals surface area contributed by atoms with Gasteiger partial charge in [0.05, 0.1) is 12.0 Å². The smallest absolute Gasteiger partial charge is 0.346 e. The second-order valence-electron chi connectivity index (χ2n) is 4.74. The van der Waals surface area contributed by atoms with Crippen molar-refractivity contribution in [2.24, 2.45) is 0 Å². The van der Waals surface area contributed by atoms with E-state index in [1.165, 1.54) is 19.3 Å². The highest BCUT2D eigenvalue weighted by molar-refractivity contribution is 6.02. The van der Waals surface area contributed by atoms with Crippen LogP contribution in [-0.2, 0) is 22.4 Å². The van der Waals surface area contributed by atoms with Crippen molar-refractivity contribution >= 4 is 11.9 Å². The molecular formula is C15H18O3. The molecule has 2 rings (SSSR count). The van der Waals surface area contributed by atoms with E-state index >= 15 is 0 Å². The van der Waals surface area contributed by atoms with Crippen LogP contribution in [0.15, 0.2) is 18.2 Å². The molecule has 3 nitrogen and oxygen atoms in total. The minimum Gasteiger partial charge on any atom is -0.389 e. The van der Waals surface area contributed by atoms with Crippen LogP contribution in [0.25, 0.3) is 0 Å². The molecule has 0 spiro atoms. The molecular weight excluding hydrogens is 228 g/mol. The molecule has 1 aliphatic heterocycles. The molecule has 0 N–H and O–H groups in total. The van der Waals surface area contributed by atoms with E-state index in [4.69, 9.17) is 0 Å². The van der Waals surface area contributed by atoms with Gasteiger partial charge in [0.1, 0.15) is 0 Å². The van der Waals surface area contributed by atoms with Gasteiger partial charge in [0.15, 0.2) is 0 Å². The van der Waals surface area contributed by atoms with Crippen LogP contribution in [0.4, 0.5) is 0 Å². The fourth-order valence-electron chi connectivity index (χ4n) is 2.23. The van der Waals surface area contributed by atoms with E-state index in [0.29, 0.717) is 5.56 Å². The summed E-state index contributed by atoms with van der Waals surface area (Å²) >= 11 is 0. The Hall–Kier alpha value is -1.64. The molecule has 0 saturated carbocycles. The van der Waals surface area contributed by atoms with Gasteiger partial charge in [-0.25, -0.2) is 4.79 Å². The quantitative estimate of drug-likeness (QED) is 0.455. The number of hydrogen-bond donors (Lipinski definition) is 0. The number of unbranched alkanes of at least 4 members (excludes halogenated alkanes) is 3. The number of carbonyl (C=O) groups excluding carboxylic acids is 2. The Bertz CT molecular complexity index is 463. The molecule has 1 aromatic rings. The van der Waals surface area contributed by atoms with E-state index in [0.717, 1.165) is 24.0 Å². The van der Waals surface area contributed by atoms with Gasteiger partial charge in [-0.1, -0.05) is 38.3 Å².